The minimum absolute atomic E-state index is 0.423. The maximum atomic E-state index is 5.91. The molecule has 3 atom stereocenters. The van der Waals surface area contributed by atoms with Gasteiger partial charge in [-0.25, -0.2) is 0 Å². The maximum Gasteiger partial charge on any atom is 0.125 e. The van der Waals surface area contributed by atoms with Crippen molar-refractivity contribution in [2.24, 2.45) is 5.92 Å². The average Bonchev–Trinajstić information content (AvgIpc) is 2.64. The Balaban J connectivity index is 1.76. The zero-order valence-corrected chi connectivity index (χ0v) is 14.5. The lowest BCUT2D eigenvalue weighted by Crippen LogP contribution is -2.47. The summed E-state index contributed by atoms with van der Waals surface area (Å²) in [5.74, 6) is 1.74. The molecule has 2 aliphatic rings. The van der Waals surface area contributed by atoms with Gasteiger partial charge in [0, 0.05) is 28.7 Å². The normalized spacial score (nSPS) is 30.3. The summed E-state index contributed by atoms with van der Waals surface area (Å²) in [6.45, 7) is 5.57. The molecule has 2 heterocycles. The Labute approximate surface area is 136 Å². The zero-order chi connectivity index (χ0) is 14.8. The van der Waals surface area contributed by atoms with Crippen molar-refractivity contribution in [1.29, 1.82) is 0 Å². The molecule has 0 radical (unpaired) electrons. The molecule has 116 valence electrons. The van der Waals surface area contributed by atoms with Crippen molar-refractivity contribution in [2.45, 2.75) is 38.3 Å². The Bertz CT molecular complexity index is 494. The van der Waals surface area contributed by atoms with Crippen molar-refractivity contribution in [2.75, 3.05) is 26.7 Å². The second kappa shape index (κ2) is 6.67. The van der Waals surface area contributed by atoms with Crippen LogP contribution in [0.4, 0.5) is 0 Å². The molecule has 1 aromatic rings. The molecule has 0 amide bonds. The number of rotatable bonds is 2. The molecular formula is C17H25BrN2O. The molecule has 3 nitrogen and oxygen atoms in total. The predicted molar refractivity (Wildman–Crippen MR) is 89.8 cm³/mol. The number of nitrogens with one attached hydrogen (secondary N) is 1. The van der Waals surface area contributed by atoms with Crippen LogP contribution >= 0.6 is 15.9 Å². The molecule has 4 heteroatoms. The van der Waals surface area contributed by atoms with Gasteiger partial charge < -0.3 is 15.0 Å². The van der Waals surface area contributed by atoms with Crippen LogP contribution in [0.5, 0.6) is 5.75 Å². The lowest BCUT2D eigenvalue weighted by Gasteiger charge is -2.37. The average molecular weight is 353 g/mol. The van der Waals surface area contributed by atoms with Crippen LogP contribution in [0.15, 0.2) is 22.7 Å². The molecule has 1 aromatic carbocycles. The minimum atomic E-state index is 0.423. The molecule has 2 aliphatic heterocycles. The van der Waals surface area contributed by atoms with Crippen LogP contribution in [0.1, 0.15) is 37.8 Å². The Morgan fingerprint density at radius 1 is 1.33 bits per heavy atom. The zero-order valence-electron chi connectivity index (χ0n) is 12.9. The van der Waals surface area contributed by atoms with Crippen molar-refractivity contribution >= 4 is 15.9 Å². The van der Waals surface area contributed by atoms with Gasteiger partial charge in [0.05, 0.1) is 6.61 Å². The van der Waals surface area contributed by atoms with Gasteiger partial charge in [-0.05, 0) is 50.9 Å². The van der Waals surface area contributed by atoms with E-state index >= 15 is 0 Å². The fourth-order valence-corrected chi connectivity index (χ4v) is 3.92. The summed E-state index contributed by atoms with van der Waals surface area (Å²) in [5.41, 5.74) is 1.32. The van der Waals surface area contributed by atoms with Crippen LogP contribution in [-0.2, 0) is 0 Å². The number of hydrogen-bond donors (Lipinski definition) is 1. The van der Waals surface area contributed by atoms with Crippen LogP contribution in [0.2, 0.25) is 0 Å². The molecule has 0 aliphatic carbocycles. The largest absolute Gasteiger partial charge is 0.493 e. The summed E-state index contributed by atoms with van der Waals surface area (Å²) in [6.07, 6.45) is 3.51. The van der Waals surface area contributed by atoms with E-state index in [0.29, 0.717) is 18.0 Å². The molecule has 0 saturated carbocycles. The SMILES string of the molecule is CC1CN(C)CCC1NC1CCCOc2cc(Br)ccc21. The Morgan fingerprint density at radius 3 is 3.00 bits per heavy atom. The molecule has 0 spiro atoms. The van der Waals surface area contributed by atoms with Crippen LogP contribution in [0.3, 0.4) is 0 Å². The highest BCUT2D eigenvalue weighted by Gasteiger charge is 2.28. The maximum absolute atomic E-state index is 5.91. The van der Waals surface area contributed by atoms with E-state index < -0.39 is 0 Å². The van der Waals surface area contributed by atoms with Gasteiger partial charge in [-0.3, -0.25) is 0 Å². The van der Waals surface area contributed by atoms with Crippen LogP contribution in [0.25, 0.3) is 0 Å². The van der Waals surface area contributed by atoms with E-state index in [2.05, 4.69) is 58.3 Å². The van der Waals surface area contributed by atoms with Gasteiger partial charge >= 0.3 is 0 Å². The van der Waals surface area contributed by atoms with Gasteiger partial charge in [0.15, 0.2) is 0 Å². The van der Waals surface area contributed by atoms with E-state index in [1.165, 1.54) is 25.1 Å². The number of piperidine rings is 1. The summed E-state index contributed by atoms with van der Waals surface area (Å²) in [5, 5.41) is 3.92. The van der Waals surface area contributed by atoms with Gasteiger partial charge in [-0.15, -0.1) is 0 Å². The van der Waals surface area contributed by atoms with Crippen molar-refractivity contribution < 1.29 is 4.74 Å². The second-order valence-corrected chi connectivity index (χ2v) is 7.44. The highest BCUT2D eigenvalue weighted by Crippen LogP contribution is 2.34. The highest BCUT2D eigenvalue weighted by molar-refractivity contribution is 9.10. The fourth-order valence-electron chi connectivity index (χ4n) is 3.58. The Morgan fingerprint density at radius 2 is 2.19 bits per heavy atom. The number of hydrogen-bond acceptors (Lipinski definition) is 3. The van der Waals surface area contributed by atoms with E-state index in [-0.39, 0.29) is 0 Å². The molecule has 0 bridgehead atoms. The second-order valence-electron chi connectivity index (χ2n) is 6.53. The van der Waals surface area contributed by atoms with Crippen LogP contribution < -0.4 is 10.1 Å². The topological polar surface area (TPSA) is 24.5 Å². The van der Waals surface area contributed by atoms with Crippen molar-refractivity contribution in [3.05, 3.63) is 28.2 Å². The summed E-state index contributed by atoms with van der Waals surface area (Å²) >= 11 is 3.54. The van der Waals surface area contributed by atoms with Gasteiger partial charge in [0.2, 0.25) is 0 Å². The van der Waals surface area contributed by atoms with E-state index in [9.17, 15) is 0 Å². The first-order chi connectivity index (χ1) is 10.1. The summed E-state index contributed by atoms with van der Waals surface area (Å²) in [6, 6.07) is 7.47. The smallest absolute Gasteiger partial charge is 0.125 e. The lowest BCUT2D eigenvalue weighted by molar-refractivity contribution is 0.164. The van der Waals surface area contributed by atoms with Crippen LogP contribution in [-0.4, -0.2) is 37.7 Å². The fraction of sp³-hybridized carbons (Fsp3) is 0.647. The number of ether oxygens (including phenoxy) is 1. The van der Waals surface area contributed by atoms with E-state index in [1.807, 2.05) is 0 Å². The third-order valence-corrected chi connectivity index (χ3v) is 5.26. The number of halogens is 1. The van der Waals surface area contributed by atoms with Crippen molar-refractivity contribution in [1.82, 2.24) is 10.2 Å². The molecule has 21 heavy (non-hydrogen) atoms. The monoisotopic (exact) mass is 352 g/mol. The number of nitrogens with zero attached hydrogens (tertiary/aromatic N) is 1. The molecule has 3 rings (SSSR count). The third kappa shape index (κ3) is 3.61. The molecule has 1 fully saturated rings. The van der Waals surface area contributed by atoms with E-state index in [4.69, 9.17) is 4.74 Å². The highest BCUT2D eigenvalue weighted by atomic mass is 79.9. The standard InChI is InChI=1S/C17H25BrN2O/c1-12-11-20(2)8-7-15(12)19-16-4-3-9-21-17-10-13(18)5-6-14(16)17/h5-6,10,12,15-16,19H,3-4,7-9,11H2,1-2H3. The van der Waals surface area contributed by atoms with Gasteiger partial charge in [0.1, 0.15) is 5.75 Å². The molecule has 1 N–H and O–H groups in total. The first-order valence-corrected chi connectivity index (χ1v) is 8.79. The van der Waals surface area contributed by atoms with Crippen molar-refractivity contribution in [3.63, 3.8) is 0 Å². The molecular weight excluding hydrogens is 328 g/mol. The van der Waals surface area contributed by atoms with Crippen molar-refractivity contribution in [3.8, 4) is 5.75 Å². The van der Waals surface area contributed by atoms with Gasteiger partial charge in [-0.1, -0.05) is 28.9 Å². The van der Waals surface area contributed by atoms with Gasteiger partial charge in [-0.2, -0.15) is 0 Å². The summed E-state index contributed by atoms with van der Waals surface area (Å²) in [4.78, 5) is 2.43. The van der Waals surface area contributed by atoms with Crippen LogP contribution in [0, 0.1) is 5.92 Å². The first kappa shape index (κ1) is 15.3. The van der Waals surface area contributed by atoms with E-state index in [1.54, 1.807) is 0 Å². The molecule has 3 unspecified atom stereocenters. The lowest BCUT2D eigenvalue weighted by atomic mass is 9.91. The quantitative estimate of drug-likeness (QED) is 0.879. The van der Waals surface area contributed by atoms with Gasteiger partial charge in [0.25, 0.3) is 0 Å². The predicted octanol–water partition coefficient (Wildman–Crippen LogP) is 3.59. The Kier molecular flexibility index (Phi) is 4.87. The first-order valence-electron chi connectivity index (χ1n) is 8.00. The summed E-state index contributed by atoms with van der Waals surface area (Å²) < 4.78 is 7.01. The van der Waals surface area contributed by atoms with E-state index in [0.717, 1.165) is 29.7 Å². The number of fused-ring (bicyclic) bond motifs is 1. The molecule has 0 aromatic heterocycles. The number of likely N-dealkylation sites (tertiary alicyclic amines) is 1. The minimum Gasteiger partial charge on any atom is -0.493 e. The molecule has 1 saturated heterocycles. The number of benzene rings is 1. The third-order valence-electron chi connectivity index (χ3n) is 4.77. The Hall–Kier alpha value is -0.580. The summed E-state index contributed by atoms with van der Waals surface area (Å²) in [7, 11) is 2.22.